The number of carbonyl (C=O) groups excluding carboxylic acids is 3. The van der Waals surface area contributed by atoms with Crippen LogP contribution in [-0.4, -0.2) is 42.0 Å². The molecule has 7 nitrogen and oxygen atoms in total. The number of ether oxygens (including phenoxy) is 1. The molecule has 134 valence electrons. The summed E-state index contributed by atoms with van der Waals surface area (Å²) in [6.45, 7) is 3.40. The highest BCUT2D eigenvalue weighted by atomic mass is 32.1. The van der Waals surface area contributed by atoms with Gasteiger partial charge in [0.1, 0.15) is 11.0 Å². The van der Waals surface area contributed by atoms with Gasteiger partial charge in [0, 0.05) is 22.9 Å². The van der Waals surface area contributed by atoms with Crippen LogP contribution in [0.3, 0.4) is 0 Å². The van der Waals surface area contributed by atoms with E-state index in [0.29, 0.717) is 12.2 Å². The van der Waals surface area contributed by atoms with E-state index >= 15 is 0 Å². The number of amides is 2. The summed E-state index contributed by atoms with van der Waals surface area (Å²) in [6, 6.07) is 1.28. The molecule has 0 bridgehead atoms. The van der Waals surface area contributed by atoms with Crippen LogP contribution in [0.5, 0.6) is 0 Å². The molecule has 0 saturated heterocycles. The summed E-state index contributed by atoms with van der Waals surface area (Å²) < 4.78 is 4.93. The number of rotatable bonds is 8. The summed E-state index contributed by atoms with van der Waals surface area (Å²) in [5.41, 5.74) is 1.63. The van der Waals surface area contributed by atoms with E-state index in [1.165, 1.54) is 11.3 Å². The van der Waals surface area contributed by atoms with Crippen LogP contribution in [0.4, 0.5) is 0 Å². The zero-order chi connectivity index (χ0) is 18.2. The second-order valence-electron chi connectivity index (χ2n) is 5.18. The van der Waals surface area contributed by atoms with Gasteiger partial charge in [0.15, 0.2) is 6.61 Å². The largest absolute Gasteiger partial charge is 0.455 e. The Hall–Kier alpha value is -2.26. The van der Waals surface area contributed by atoms with Crippen LogP contribution in [0.2, 0.25) is 0 Å². The topological polar surface area (TPSA) is 97.4 Å². The van der Waals surface area contributed by atoms with Gasteiger partial charge in [-0.1, -0.05) is 0 Å². The molecule has 0 aliphatic heterocycles. The third-order valence-corrected chi connectivity index (χ3v) is 4.75. The third-order valence-electron chi connectivity index (χ3n) is 3.13. The number of thiazole rings is 1. The molecular weight excluding hydrogens is 362 g/mol. The summed E-state index contributed by atoms with van der Waals surface area (Å²) in [7, 11) is 0. The number of hydrogen-bond acceptors (Lipinski definition) is 7. The lowest BCUT2D eigenvalue weighted by Crippen LogP contribution is -2.46. The number of nitrogens with zero attached hydrogens (tertiary/aromatic N) is 1. The molecule has 2 rings (SSSR count). The molecule has 2 N–H and O–H groups in total. The maximum atomic E-state index is 11.8. The van der Waals surface area contributed by atoms with E-state index in [4.69, 9.17) is 4.74 Å². The molecule has 1 atom stereocenters. The van der Waals surface area contributed by atoms with Crippen LogP contribution in [0, 0.1) is 0 Å². The fourth-order valence-electron chi connectivity index (χ4n) is 1.93. The Labute approximate surface area is 153 Å². The molecule has 25 heavy (non-hydrogen) atoms. The average Bonchev–Trinajstić information content (AvgIpc) is 3.24. The van der Waals surface area contributed by atoms with Gasteiger partial charge in [-0.15, -0.1) is 11.3 Å². The highest BCUT2D eigenvalue weighted by Crippen LogP contribution is 2.25. The quantitative estimate of drug-likeness (QED) is 0.677. The Kier molecular flexibility index (Phi) is 7.08. The zero-order valence-corrected chi connectivity index (χ0v) is 15.5. The van der Waals surface area contributed by atoms with Crippen molar-refractivity contribution in [3.63, 3.8) is 0 Å². The van der Waals surface area contributed by atoms with E-state index in [9.17, 15) is 14.4 Å². The Morgan fingerprint density at radius 1 is 1.32 bits per heavy atom. The third kappa shape index (κ3) is 5.95. The smallest absolute Gasteiger partial charge is 0.312 e. The van der Waals surface area contributed by atoms with Crippen LogP contribution in [0.25, 0.3) is 10.6 Å². The van der Waals surface area contributed by atoms with Crippen molar-refractivity contribution in [2.45, 2.75) is 26.3 Å². The second kappa shape index (κ2) is 9.28. The Morgan fingerprint density at radius 2 is 2.12 bits per heavy atom. The van der Waals surface area contributed by atoms with E-state index in [0.717, 1.165) is 10.6 Å². The number of likely N-dealkylation sites (N-methyl/N-ethyl adjacent to an activating group) is 1. The Bertz CT molecular complexity index is 728. The van der Waals surface area contributed by atoms with Gasteiger partial charge in [-0.05, 0) is 25.3 Å². The first kappa shape index (κ1) is 19.1. The van der Waals surface area contributed by atoms with Crippen LogP contribution >= 0.6 is 22.7 Å². The van der Waals surface area contributed by atoms with E-state index in [2.05, 4.69) is 15.6 Å². The van der Waals surface area contributed by atoms with Crippen LogP contribution < -0.4 is 10.6 Å². The van der Waals surface area contributed by atoms with Gasteiger partial charge in [0.2, 0.25) is 5.91 Å². The minimum atomic E-state index is -0.683. The van der Waals surface area contributed by atoms with Crippen molar-refractivity contribution < 1.29 is 19.1 Å². The molecule has 0 aliphatic carbocycles. The maximum absolute atomic E-state index is 11.8. The van der Waals surface area contributed by atoms with Gasteiger partial charge < -0.3 is 15.4 Å². The molecule has 0 radical (unpaired) electrons. The Morgan fingerprint density at radius 3 is 2.80 bits per heavy atom. The van der Waals surface area contributed by atoms with Crippen molar-refractivity contribution in [1.29, 1.82) is 0 Å². The fraction of sp³-hybridized carbons (Fsp3) is 0.375. The lowest BCUT2D eigenvalue weighted by Gasteiger charge is -2.13. The van der Waals surface area contributed by atoms with Crippen LogP contribution in [-0.2, 0) is 25.5 Å². The van der Waals surface area contributed by atoms with Crippen molar-refractivity contribution >= 4 is 40.5 Å². The standard InChI is InChI=1S/C16H19N3O4S2/c1-3-17-15(22)10(2)18-13(20)7-23-14(21)6-12-9-25-16(19-12)11-4-5-24-8-11/h4-5,8-10H,3,6-7H2,1-2H3,(H,17,22)(H,18,20)/t10-/m1/s1. The first-order valence-electron chi connectivity index (χ1n) is 7.69. The molecular formula is C16H19N3O4S2. The van der Waals surface area contributed by atoms with E-state index in [-0.39, 0.29) is 12.3 Å². The monoisotopic (exact) mass is 381 g/mol. The number of aromatic nitrogens is 1. The number of esters is 1. The van der Waals surface area contributed by atoms with Gasteiger partial charge in [-0.3, -0.25) is 14.4 Å². The molecule has 0 aromatic carbocycles. The molecule has 2 aromatic rings. The number of carbonyl (C=O) groups is 3. The van der Waals surface area contributed by atoms with Crippen molar-refractivity contribution in [2.24, 2.45) is 0 Å². The highest BCUT2D eigenvalue weighted by Gasteiger charge is 2.16. The minimum Gasteiger partial charge on any atom is -0.455 e. The van der Waals surface area contributed by atoms with Gasteiger partial charge >= 0.3 is 5.97 Å². The van der Waals surface area contributed by atoms with Gasteiger partial charge in [-0.2, -0.15) is 11.3 Å². The molecule has 0 spiro atoms. The van der Waals surface area contributed by atoms with Crippen molar-refractivity contribution in [2.75, 3.05) is 13.2 Å². The molecule has 0 fully saturated rings. The zero-order valence-electron chi connectivity index (χ0n) is 13.9. The molecule has 0 unspecified atom stereocenters. The van der Waals surface area contributed by atoms with E-state index in [1.807, 2.05) is 16.8 Å². The van der Waals surface area contributed by atoms with Crippen LogP contribution in [0.1, 0.15) is 19.5 Å². The number of nitrogens with one attached hydrogen (secondary N) is 2. The molecule has 2 aromatic heterocycles. The molecule has 2 heterocycles. The van der Waals surface area contributed by atoms with Gasteiger partial charge in [0.25, 0.3) is 5.91 Å². The van der Waals surface area contributed by atoms with E-state index < -0.39 is 24.5 Å². The summed E-state index contributed by atoms with van der Waals surface area (Å²) in [4.78, 5) is 39.4. The summed E-state index contributed by atoms with van der Waals surface area (Å²) in [5.74, 6) is -1.35. The van der Waals surface area contributed by atoms with Crippen molar-refractivity contribution in [3.05, 3.63) is 27.9 Å². The SMILES string of the molecule is CCNC(=O)[C@@H](C)NC(=O)COC(=O)Cc1csc(-c2ccsc2)n1. The fourth-order valence-corrected chi connectivity index (χ4v) is 3.46. The molecule has 9 heteroatoms. The molecule has 0 aliphatic rings. The number of thiophene rings is 1. The van der Waals surface area contributed by atoms with Crippen LogP contribution in [0.15, 0.2) is 22.2 Å². The summed E-state index contributed by atoms with van der Waals surface area (Å²) in [5, 5.41) is 11.7. The van der Waals surface area contributed by atoms with Crippen molar-refractivity contribution in [3.8, 4) is 10.6 Å². The Balaban J connectivity index is 1.75. The first-order valence-corrected chi connectivity index (χ1v) is 9.51. The number of hydrogen-bond donors (Lipinski definition) is 2. The summed E-state index contributed by atoms with van der Waals surface area (Å²) >= 11 is 3.03. The van der Waals surface area contributed by atoms with Crippen molar-refractivity contribution in [1.82, 2.24) is 15.6 Å². The second-order valence-corrected chi connectivity index (χ2v) is 6.82. The highest BCUT2D eigenvalue weighted by molar-refractivity contribution is 7.14. The lowest BCUT2D eigenvalue weighted by molar-refractivity contribution is -0.148. The predicted octanol–water partition coefficient (Wildman–Crippen LogP) is 1.60. The predicted molar refractivity (Wildman–Crippen MR) is 96.4 cm³/mol. The normalized spacial score (nSPS) is 11.6. The van der Waals surface area contributed by atoms with Gasteiger partial charge in [0.05, 0.1) is 12.1 Å². The first-order chi connectivity index (χ1) is 12.0. The maximum Gasteiger partial charge on any atom is 0.312 e. The minimum absolute atomic E-state index is 0.000207. The molecule has 2 amide bonds. The van der Waals surface area contributed by atoms with Gasteiger partial charge in [-0.25, -0.2) is 4.98 Å². The lowest BCUT2D eigenvalue weighted by atomic mass is 10.3. The average molecular weight is 381 g/mol. The van der Waals surface area contributed by atoms with E-state index in [1.54, 1.807) is 30.6 Å². The molecule has 0 saturated carbocycles. The summed E-state index contributed by atoms with van der Waals surface area (Å²) in [6.07, 6.45) is -0.000207.